The van der Waals surface area contributed by atoms with Crippen molar-refractivity contribution in [2.24, 2.45) is 0 Å². The SMILES string of the molecule is c1ccc(-c2ccc(-n3c4ccccc4c4cc5c(cc43)oc3cc(-c4nc(-c6ccccc6)nc(-c6ccccc6)n4)ccc35)cc2)cc1. The molecule has 0 saturated carbocycles. The number of benzene rings is 7. The average Bonchev–Trinajstić information content (AvgIpc) is 3.72. The molecule has 0 N–H and O–H groups in total. The van der Waals surface area contributed by atoms with Crippen LogP contribution in [-0.4, -0.2) is 19.5 Å². The zero-order chi connectivity index (χ0) is 33.0. The van der Waals surface area contributed by atoms with Gasteiger partial charge in [0, 0.05) is 50.0 Å². The fourth-order valence-electron chi connectivity index (χ4n) is 7.03. The maximum absolute atomic E-state index is 6.63. The minimum absolute atomic E-state index is 0.599. The van der Waals surface area contributed by atoms with E-state index >= 15 is 0 Å². The van der Waals surface area contributed by atoms with Gasteiger partial charge in [-0.1, -0.05) is 127 Å². The second kappa shape index (κ2) is 11.4. The average molecular weight is 641 g/mol. The lowest BCUT2D eigenvalue weighted by Crippen LogP contribution is -2.00. The molecule has 5 nitrogen and oxygen atoms in total. The molecule has 0 unspecified atom stereocenters. The molecule has 0 fully saturated rings. The molecule has 3 heterocycles. The van der Waals surface area contributed by atoms with Crippen molar-refractivity contribution in [3.05, 3.63) is 170 Å². The van der Waals surface area contributed by atoms with Gasteiger partial charge in [0.1, 0.15) is 11.2 Å². The van der Waals surface area contributed by atoms with Crippen LogP contribution in [0.15, 0.2) is 174 Å². The quantitative estimate of drug-likeness (QED) is 0.188. The second-order valence-electron chi connectivity index (χ2n) is 12.5. The highest BCUT2D eigenvalue weighted by atomic mass is 16.3. The molecule has 10 aromatic rings. The summed E-state index contributed by atoms with van der Waals surface area (Å²) in [5, 5.41) is 4.52. The lowest BCUT2D eigenvalue weighted by atomic mass is 10.1. The summed E-state index contributed by atoms with van der Waals surface area (Å²) in [6.07, 6.45) is 0. The summed E-state index contributed by atoms with van der Waals surface area (Å²) in [6, 6.07) is 58.7. The zero-order valence-electron chi connectivity index (χ0n) is 26.9. The van der Waals surface area contributed by atoms with Gasteiger partial charge in [-0.05, 0) is 47.5 Å². The Morgan fingerprint density at radius 1 is 0.340 bits per heavy atom. The van der Waals surface area contributed by atoms with Crippen LogP contribution >= 0.6 is 0 Å². The molecule has 0 aliphatic carbocycles. The highest BCUT2D eigenvalue weighted by Crippen LogP contribution is 2.39. The molecule has 0 bridgehead atoms. The first-order valence-corrected chi connectivity index (χ1v) is 16.7. The maximum Gasteiger partial charge on any atom is 0.164 e. The van der Waals surface area contributed by atoms with Crippen LogP contribution in [0.1, 0.15) is 0 Å². The summed E-state index contributed by atoms with van der Waals surface area (Å²) < 4.78 is 8.96. The van der Waals surface area contributed by atoms with E-state index in [0.717, 1.165) is 55.3 Å². The van der Waals surface area contributed by atoms with E-state index in [1.54, 1.807) is 0 Å². The second-order valence-corrected chi connectivity index (χ2v) is 12.5. The molecular formula is C45H28N4O. The van der Waals surface area contributed by atoms with Crippen LogP contribution in [0.4, 0.5) is 0 Å². The minimum atomic E-state index is 0.599. The van der Waals surface area contributed by atoms with Gasteiger partial charge < -0.3 is 8.98 Å². The predicted octanol–water partition coefficient (Wildman–Crippen LogP) is 11.5. The minimum Gasteiger partial charge on any atom is -0.456 e. The lowest BCUT2D eigenvalue weighted by molar-refractivity contribution is 0.669. The molecule has 5 heteroatoms. The zero-order valence-corrected chi connectivity index (χ0v) is 26.9. The molecule has 3 aromatic heterocycles. The topological polar surface area (TPSA) is 56.7 Å². The molecule has 0 spiro atoms. The monoisotopic (exact) mass is 640 g/mol. The van der Waals surface area contributed by atoms with Crippen molar-refractivity contribution in [1.82, 2.24) is 19.5 Å². The summed E-state index contributed by atoms with van der Waals surface area (Å²) in [4.78, 5) is 14.7. The van der Waals surface area contributed by atoms with Crippen LogP contribution < -0.4 is 0 Å². The Morgan fingerprint density at radius 2 is 0.860 bits per heavy atom. The Morgan fingerprint density at radius 3 is 1.52 bits per heavy atom. The highest BCUT2D eigenvalue weighted by Gasteiger charge is 2.18. The predicted molar refractivity (Wildman–Crippen MR) is 203 cm³/mol. The summed E-state index contributed by atoms with van der Waals surface area (Å²) in [5.41, 5.74) is 10.1. The van der Waals surface area contributed by atoms with Crippen LogP contribution in [0.3, 0.4) is 0 Å². The molecule has 0 radical (unpaired) electrons. The Labute approximate surface area is 287 Å². The molecule has 0 aliphatic heterocycles. The first kappa shape index (κ1) is 28.2. The van der Waals surface area contributed by atoms with E-state index in [1.165, 1.54) is 21.9 Å². The number of hydrogen-bond acceptors (Lipinski definition) is 4. The first-order valence-electron chi connectivity index (χ1n) is 16.7. The van der Waals surface area contributed by atoms with Crippen LogP contribution in [0.25, 0.3) is 94.7 Å². The summed E-state index contributed by atoms with van der Waals surface area (Å²) in [6.45, 7) is 0. The normalized spacial score (nSPS) is 11.6. The number of aromatic nitrogens is 4. The van der Waals surface area contributed by atoms with Gasteiger partial charge in [-0.25, -0.2) is 15.0 Å². The van der Waals surface area contributed by atoms with Crippen LogP contribution in [0.5, 0.6) is 0 Å². The summed E-state index contributed by atoms with van der Waals surface area (Å²) in [7, 11) is 0. The molecule has 0 saturated heterocycles. The van der Waals surface area contributed by atoms with Crippen molar-refractivity contribution < 1.29 is 4.42 Å². The van der Waals surface area contributed by atoms with E-state index < -0.39 is 0 Å². The maximum atomic E-state index is 6.63. The molecule has 10 rings (SSSR count). The van der Waals surface area contributed by atoms with E-state index in [9.17, 15) is 0 Å². The largest absolute Gasteiger partial charge is 0.456 e. The van der Waals surface area contributed by atoms with Gasteiger partial charge in [-0.2, -0.15) is 0 Å². The van der Waals surface area contributed by atoms with Crippen molar-refractivity contribution in [1.29, 1.82) is 0 Å². The lowest BCUT2D eigenvalue weighted by Gasteiger charge is -2.09. The number of para-hydroxylation sites is 1. The van der Waals surface area contributed by atoms with Gasteiger partial charge in [-0.3, -0.25) is 0 Å². The van der Waals surface area contributed by atoms with E-state index in [4.69, 9.17) is 19.4 Å². The van der Waals surface area contributed by atoms with E-state index in [1.807, 2.05) is 72.8 Å². The number of fused-ring (bicyclic) bond motifs is 6. The van der Waals surface area contributed by atoms with Crippen LogP contribution in [-0.2, 0) is 0 Å². The number of rotatable bonds is 5. The third-order valence-electron chi connectivity index (χ3n) is 9.46. The Balaban J connectivity index is 1.12. The van der Waals surface area contributed by atoms with Gasteiger partial charge in [0.05, 0.1) is 11.0 Å². The van der Waals surface area contributed by atoms with Gasteiger partial charge in [0.25, 0.3) is 0 Å². The van der Waals surface area contributed by atoms with Gasteiger partial charge >= 0.3 is 0 Å². The molecule has 234 valence electrons. The fourth-order valence-corrected chi connectivity index (χ4v) is 7.03. The standard InChI is InChI=1S/C45H28N4O/c1-4-12-29(13-5-1)30-20-23-34(24-21-30)49-39-19-11-10-18-35(39)37-27-38-36-25-22-33(26-41(36)50-42(38)28-40(37)49)45-47-43(31-14-6-2-7-15-31)46-44(48-45)32-16-8-3-9-17-32/h1-28H. The van der Waals surface area contributed by atoms with Gasteiger partial charge in [0.15, 0.2) is 17.5 Å². The first-order chi connectivity index (χ1) is 24.8. The van der Waals surface area contributed by atoms with Crippen molar-refractivity contribution >= 4 is 43.7 Å². The van der Waals surface area contributed by atoms with Crippen molar-refractivity contribution in [2.45, 2.75) is 0 Å². The number of hydrogen-bond donors (Lipinski definition) is 0. The number of furan rings is 1. The third-order valence-corrected chi connectivity index (χ3v) is 9.46. The molecule has 50 heavy (non-hydrogen) atoms. The summed E-state index contributed by atoms with van der Waals surface area (Å²) in [5.74, 6) is 1.86. The summed E-state index contributed by atoms with van der Waals surface area (Å²) >= 11 is 0. The Hall–Kier alpha value is -6.85. The molecular weight excluding hydrogens is 613 g/mol. The number of nitrogens with zero attached hydrogens (tertiary/aromatic N) is 4. The van der Waals surface area contributed by atoms with Crippen molar-refractivity contribution in [3.63, 3.8) is 0 Å². The molecule has 7 aromatic carbocycles. The van der Waals surface area contributed by atoms with E-state index in [-0.39, 0.29) is 0 Å². The highest BCUT2D eigenvalue weighted by molar-refractivity contribution is 6.17. The fraction of sp³-hybridized carbons (Fsp3) is 0. The smallest absolute Gasteiger partial charge is 0.164 e. The van der Waals surface area contributed by atoms with Crippen LogP contribution in [0, 0.1) is 0 Å². The van der Waals surface area contributed by atoms with E-state index in [0.29, 0.717) is 17.5 Å². The Bertz CT molecular complexity index is 2780. The van der Waals surface area contributed by atoms with Gasteiger partial charge in [0.2, 0.25) is 0 Å². The van der Waals surface area contributed by atoms with E-state index in [2.05, 4.69) is 102 Å². The van der Waals surface area contributed by atoms with Crippen molar-refractivity contribution in [2.75, 3.05) is 0 Å². The van der Waals surface area contributed by atoms with Crippen molar-refractivity contribution in [3.8, 4) is 51.0 Å². The molecule has 0 aliphatic rings. The van der Waals surface area contributed by atoms with Gasteiger partial charge in [-0.15, -0.1) is 0 Å². The third kappa shape index (κ3) is 4.67. The Kier molecular flexibility index (Phi) is 6.42. The molecule has 0 amide bonds. The molecule has 0 atom stereocenters. The van der Waals surface area contributed by atoms with Crippen LogP contribution in [0.2, 0.25) is 0 Å².